The molecule has 1 atom stereocenters. The van der Waals surface area contributed by atoms with Crippen LogP contribution >= 0.6 is 27.3 Å². The van der Waals surface area contributed by atoms with Gasteiger partial charge in [-0.1, -0.05) is 22.0 Å². The average Bonchev–Trinajstić information content (AvgIpc) is 2.71. The van der Waals surface area contributed by atoms with Gasteiger partial charge in [0.15, 0.2) is 0 Å². The standard InChI is InChI=1S/C13H15BrN2S/c1-8-3-4-11(14)6-12(8)13(16-15)10-5-9(2)17-7-10/h3-7,13,16H,15H2,1-2H3. The predicted octanol–water partition coefficient (Wildman–Crippen LogP) is 3.68. The number of benzene rings is 1. The predicted molar refractivity (Wildman–Crippen MR) is 77.1 cm³/mol. The third-order valence-electron chi connectivity index (χ3n) is 2.80. The van der Waals surface area contributed by atoms with Gasteiger partial charge in [-0.15, -0.1) is 11.3 Å². The number of hydrazine groups is 1. The highest BCUT2D eigenvalue weighted by Crippen LogP contribution is 2.29. The van der Waals surface area contributed by atoms with Crippen LogP contribution in [0.3, 0.4) is 0 Å². The van der Waals surface area contributed by atoms with Crippen LogP contribution in [0.15, 0.2) is 34.1 Å². The van der Waals surface area contributed by atoms with Crippen LogP contribution in [0, 0.1) is 13.8 Å². The Morgan fingerprint density at radius 2 is 2.06 bits per heavy atom. The summed E-state index contributed by atoms with van der Waals surface area (Å²) in [6, 6.07) is 8.49. The first-order valence-corrected chi connectivity index (χ1v) is 7.06. The van der Waals surface area contributed by atoms with E-state index in [0.29, 0.717) is 0 Å². The molecule has 0 saturated carbocycles. The van der Waals surface area contributed by atoms with Crippen molar-refractivity contribution < 1.29 is 0 Å². The fourth-order valence-electron chi connectivity index (χ4n) is 1.90. The molecule has 0 aliphatic rings. The molecule has 0 bridgehead atoms. The minimum atomic E-state index is 0.0532. The highest BCUT2D eigenvalue weighted by molar-refractivity contribution is 9.10. The van der Waals surface area contributed by atoms with Crippen LogP contribution in [0.2, 0.25) is 0 Å². The van der Waals surface area contributed by atoms with Crippen LogP contribution in [-0.4, -0.2) is 0 Å². The Kier molecular flexibility index (Phi) is 3.99. The molecule has 1 heterocycles. The molecule has 1 unspecified atom stereocenters. The number of rotatable bonds is 3. The Hall–Kier alpha value is -0.680. The van der Waals surface area contributed by atoms with Gasteiger partial charge in [0.1, 0.15) is 0 Å². The summed E-state index contributed by atoms with van der Waals surface area (Å²) in [4.78, 5) is 1.30. The van der Waals surface area contributed by atoms with Gasteiger partial charge in [-0.2, -0.15) is 0 Å². The summed E-state index contributed by atoms with van der Waals surface area (Å²) in [6.07, 6.45) is 0. The SMILES string of the molecule is Cc1cc(C(NN)c2cc(Br)ccc2C)cs1. The Morgan fingerprint density at radius 1 is 1.29 bits per heavy atom. The maximum atomic E-state index is 5.70. The smallest absolute Gasteiger partial charge is 0.0721 e. The molecular weight excluding hydrogens is 296 g/mol. The van der Waals surface area contributed by atoms with Crippen molar-refractivity contribution in [2.75, 3.05) is 0 Å². The number of aryl methyl sites for hydroxylation is 2. The summed E-state index contributed by atoms with van der Waals surface area (Å²) in [5.74, 6) is 5.70. The van der Waals surface area contributed by atoms with E-state index in [-0.39, 0.29) is 6.04 Å². The van der Waals surface area contributed by atoms with Crippen molar-refractivity contribution in [1.29, 1.82) is 0 Å². The molecule has 2 rings (SSSR count). The summed E-state index contributed by atoms with van der Waals surface area (Å²) >= 11 is 5.25. The third kappa shape index (κ3) is 2.77. The van der Waals surface area contributed by atoms with Gasteiger partial charge in [0.25, 0.3) is 0 Å². The summed E-state index contributed by atoms with van der Waals surface area (Å²) in [7, 11) is 0. The van der Waals surface area contributed by atoms with Gasteiger partial charge in [-0.05, 0) is 54.1 Å². The Balaban J connectivity index is 2.45. The molecule has 1 aromatic heterocycles. The summed E-state index contributed by atoms with van der Waals surface area (Å²) in [6.45, 7) is 4.21. The second kappa shape index (κ2) is 5.31. The van der Waals surface area contributed by atoms with E-state index in [1.54, 1.807) is 11.3 Å². The molecule has 0 saturated heterocycles. The first-order valence-electron chi connectivity index (χ1n) is 5.39. The average molecular weight is 311 g/mol. The fourth-order valence-corrected chi connectivity index (χ4v) is 3.01. The maximum absolute atomic E-state index is 5.70. The molecule has 2 aromatic rings. The van der Waals surface area contributed by atoms with E-state index >= 15 is 0 Å². The molecular formula is C13H15BrN2S. The summed E-state index contributed by atoms with van der Waals surface area (Å²) in [5, 5.41) is 2.15. The van der Waals surface area contributed by atoms with E-state index in [1.165, 1.54) is 21.6 Å². The molecule has 0 fully saturated rings. The molecule has 2 nitrogen and oxygen atoms in total. The van der Waals surface area contributed by atoms with E-state index in [1.807, 2.05) is 6.07 Å². The quantitative estimate of drug-likeness (QED) is 0.670. The lowest BCUT2D eigenvalue weighted by atomic mass is 9.97. The zero-order valence-electron chi connectivity index (χ0n) is 9.83. The lowest BCUT2D eigenvalue weighted by molar-refractivity contribution is 0.635. The molecule has 3 N–H and O–H groups in total. The zero-order chi connectivity index (χ0) is 12.4. The van der Waals surface area contributed by atoms with E-state index in [2.05, 4.69) is 58.8 Å². The molecule has 0 spiro atoms. The van der Waals surface area contributed by atoms with Gasteiger partial charge in [0.2, 0.25) is 0 Å². The van der Waals surface area contributed by atoms with Gasteiger partial charge in [-0.3, -0.25) is 5.84 Å². The van der Waals surface area contributed by atoms with Gasteiger partial charge in [-0.25, -0.2) is 5.43 Å². The van der Waals surface area contributed by atoms with Crippen molar-refractivity contribution in [3.8, 4) is 0 Å². The van der Waals surface area contributed by atoms with Crippen LogP contribution in [0.1, 0.15) is 27.6 Å². The molecule has 17 heavy (non-hydrogen) atoms. The molecule has 90 valence electrons. The highest BCUT2D eigenvalue weighted by atomic mass is 79.9. The van der Waals surface area contributed by atoms with Gasteiger partial charge in [0.05, 0.1) is 6.04 Å². The minimum absolute atomic E-state index is 0.0532. The van der Waals surface area contributed by atoms with Crippen molar-refractivity contribution in [3.05, 3.63) is 55.7 Å². The number of thiophene rings is 1. The van der Waals surface area contributed by atoms with Crippen molar-refractivity contribution >= 4 is 27.3 Å². The monoisotopic (exact) mass is 310 g/mol. The number of nitrogens with one attached hydrogen (secondary N) is 1. The first-order chi connectivity index (χ1) is 8.11. The normalized spacial score (nSPS) is 12.7. The third-order valence-corrected chi connectivity index (χ3v) is 4.18. The number of halogens is 1. The molecule has 0 radical (unpaired) electrons. The van der Waals surface area contributed by atoms with E-state index < -0.39 is 0 Å². The summed E-state index contributed by atoms with van der Waals surface area (Å²) < 4.78 is 1.07. The number of hydrogen-bond acceptors (Lipinski definition) is 3. The maximum Gasteiger partial charge on any atom is 0.0721 e. The molecule has 0 aliphatic heterocycles. The molecule has 0 amide bonds. The topological polar surface area (TPSA) is 38.0 Å². The van der Waals surface area contributed by atoms with Crippen molar-refractivity contribution in [3.63, 3.8) is 0 Å². The van der Waals surface area contributed by atoms with Crippen LogP contribution < -0.4 is 11.3 Å². The van der Waals surface area contributed by atoms with Crippen molar-refractivity contribution in [2.24, 2.45) is 5.84 Å². The van der Waals surface area contributed by atoms with Gasteiger partial charge < -0.3 is 0 Å². The second-order valence-electron chi connectivity index (χ2n) is 4.09. The fraction of sp³-hybridized carbons (Fsp3) is 0.231. The lowest BCUT2D eigenvalue weighted by Crippen LogP contribution is -2.29. The van der Waals surface area contributed by atoms with Crippen molar-refractivity contribution in [2.45, 2.75) is 19.9 Å². The minimum Gasteiger partial charge on any atom is -0.271 e. The first kappa shape index (κ1) is 12.8. The summed E-state index contributed by atoms with van der Waals surface area (Å²) in [5.41, 5.74) is 6.56. The van der Waals surface area contributed by atoms with Crippen LogP contribution in [-0.2, 0) is 0 Å². The Labute approximate surface area is 114 Å². The van der Waals surface area contributed by atoms with Crippen molar-refractivity contribution in [1.82, 2.24) is 5.43 Å². The largest absolute Gasteiger partial charge is 0.271 e. The molecule has 0 aliphatic carbocycles. The van der Waals surface area contributed by atoms with Gasteiger partial charge >= 0.3 is 0 Å². The number of hydrogen-bond donors (Lipinski definition) is 2. The molecule has 4 heteroatoms. The van der Waals surface area contributed by atoms with Crippen LogP contribution in [0.25, 0.3) is 0 Å². The zero-order valence-corrected chi connectivity index (χ0v) is 12.2. The highest BCUT2D eigenvalue weighted by Gasteiger charge is 2.15. The second-order valence-corrected chi connectivity index (χ2v) is 6.12. The Bertz CT molecular complexity index is 522. The van der Waals surface area contributed by atoms with Crippen LogP contribution in [0.4, 0.5) is 0 Å². The number of nitrogens with two attached hydrogens (primary N) is 1. The van der Waals surface area contributed by atoms with E-state index in [9.17, 15) is 0 Å². The Morgan fingerprint density at radius 3 is 2.65 bits per heavy atom. The molecule has 1 aromatic carbocycles. The van der Waals surface area contributed by atoms with Crippen LogP contribution in [0.5, 0.6) is 0 Å². The van der Waals surface area contributed by atoms with E-state index in [0.717, 1.165) is 4.47 Å². The van der Waals surface area contributed by atoms with E-state index in [4.69, 9.17) is 5.84 Å². The lowest BCUT2D eigenvalue weighted by Gasteiger charge is -2.18. The van der Waals surface area contributed by atoms with Gasteiger partial charge in [0, 0.05) is 9.35 Å².